The van der Waals surface area contributed by atoms with Crippen LogP contribution in [-0.4, -0.2) is 22.3 Å². The Morgan fingerprint density at radius 2 is 2.62 bits per heavy atom. The molecule has 1 aromatic rings. The Labute approximate surface area is 76.2 Å². The Kier molecular flexibility index (Phi) is 1.92. The number of rotatable bonds is 2. The van der Waals surface area contributed by atoms with Gasteiger partial charge in [0.05, 0.1) is 12.7 Å². The van der Waals surface area contributed by atoms with Crippen molar-refractivity contribution in [2.24, 2.45) is 10.7 Å². The molecule has 0 radical (unpaired) electrons. The minimum absolute atomic E-state index is 0.0414. The zero-order valence-electron chi connectivity index (χ0n) is 7.47. The zero-order chi connectivity index (χ0) is 9.26. The number of aryl methyl sites for hydroxylation is 1. The van der Waals surface area contributed by atoms with Crippen LogP contribution < -0.4 is 5.73 Å². The summed E-state index contributed by atoms with van der Waals surface area (Å²) in [4.78, 5) is 3.96. The summed E-state index contributed by atoms with van der Waals surface area (Å²) in [6, 6.07) is 0.272. The highest BCUT2D eigenvalue weighted by Crippen LogP contribution is 2.20. The van der Waals surface area contributed by atoms with E-state index in [9.17, 15) is 0 Å². The summed E-state index contributed by atoms with van der Waals surface area (Å²) in [7, 11) is 0. The maximum Gasteiger partial charge on any atom is 0.282 e. The molecule has 1 unspecified atom stereocenters. The average Bonchev–Trinajstić information content (AvgIpc) is 2.71. The Morgan fingerprint density at radius 3 is 3.15 bits per heavy atom. The Balaban J connectivity index is 2.09. The summed E-state index contributed by atoms with van der Waals surface area (Å²) in [5.74, 6) is 0. The van der Waals surface area contributed by atoms with Crippen LogP contribution in [-0.2, 0) is 11.3 Å². The molecule has 2 N–H and O–H groups in total. The van der Waals surface area contributed by atoms with E-state index in [0.717, 1.165) is 12.1 Å². The van der Waals surface area contributed by atoms with Gasteiger partial charge in [0.15, 0.2) is 0 Å². The third kappa shape index (κ3) is 1.49. The number of aliphatic imine (C=N–C) groups is 1. The smallest absolute Gasteiger partial charge is 0.282 e. The third-order valence-corrected chi connectivity index (χ3v) is 2.02. The van der Waals surface area contributed by atoms with Crippen LogP contribution in [0.25, 0.3) is 0 Å². The predicted molar refractivity (Wildman–Crippen MR) is 48.2 cm³/mol. The van der Waals surface area contributed by atoms with E-state index in [1.165, 1.54) is 0 Å². The van der Waals surface area contributed by atoms with Crippen LogP contribution in [0, 0.1) is 0 Å². The molecule has 0 aromatic carbocycles. The second kappa shape index (κ2) is 3.08. The first-order chi connectivity index (χ1) is 6.29. The lowest BCUT2D eigenvalue weighted by molar-refractivity contribution is 0.226. The molecule has 0 saturated carbocycles. The van der Waals surface area contributed by atoms with Crippen LogP contribution >= 0.6 is 0 Å². The molecule has 1 aromatic heterocycles. The summed E-state index contributed by atoms with van der Waals surface area (Å²) in [5.41, 5.74) is 6.44. The molecule has 5 heteroatoms. The maximum atomic E-state index is 5.40. The number of hydrogen-bond acceptors (Lipinski definition) is 4. The molecule has 1 atom stereocenters. The van der Waals surface area contributed by atoms with Crippen molar-refractivity contribution in [1.82, 2.24) is 9.78 Å². The molecule has 0 amide bonds. The number of nitrogens with two attached hydrogens (primary N) is 1. The van der Waals surface area contributed by atoms with Gasteiger partial charge >= 0.3 is 0 Å². The van der Waals surface area contributed by atoms with E-state index in [1.807, 2.05) is 17.8 Å². The van der Waals surface area contributed by atoms with Crippen LogP contribution in [0.3, 0.4) is 0 Å². The van der Waals surface area contributed by atoms with E-state index in [4.69, 9.17) is 10.5 Å². The lowest BCUT2D eigenvalue weighted by Gasteiger charge is -2.05. The predicted octanol–water partition coefficient (Wildman–Crippen LogP) is 0.289. The first kappa shape index (κ1) is 8.10. The minimum atomic E-state index is -0.0414. The van der Waals surface area contributed by atoms with Gasteiger partial charge in [-0.2, -0.15) is 5.10 Å². The molecule has 1 aliphatic heterocycles. The molecular formula is C8H12N4O. The van der Waals surface area contributed by atoms with Gasteiger partial charge in [-0.1, -0.05) is 0 Å². The van der Waals surface area contributed by atoms with Crippen LogP contribution in [0.15, 0.2) is 17.4 Å². The van der Waals surface area contributed by atoms with Gasteiger partial charge in [0.1, 0.15) is 6.10 Å². The van der Waals surface area contributed by atoms with Crippen molar-refractivity contribution >= 4 is 6.02 Å². The quantitative estimate of drug-likeness (QED) is 0.711. The van der Waals surface area contributed by atoms with Crippen molar-refractivity contribution in [3.63, 3.8) is 0 Å². The number of amidine groups is 1. The fraction of sp³-hybridized carbons (Fsp3) is 0.500. The van der Waals surface area contributed by atoms with Crippen molar-refractivity contribution < 1.29 is 4.74 Å². The van der Waals surface area contributed by atoms with E-state index in [1.54, 1.807) is 6.20 Å². The molecule has 1 aliphatic rings. The van der Waals surface area contributed by atoms with E-state index in [2.05, 4.69) is 10.1 Å². The summed E-state index contributed by atoms with van der Waals surface area (Å²) in [6.07, 6.45) is 3.71. The summed E-state index contributed by atoms with van der Waals surface area (Å²) in [6.45, 7) is 3.50. The minimum Gasteiger partial charge on any atom is -0.455 e. The molecule has 0 fully saturated rings. The Morgan fingerprint density at radius 1 is 1.77 bits per heavy atom. The third-order valence-electron chi connectivity index (χ3n) is 2.02. The molecule has 2 rings (SSSR count). The zero-order valence-corrected chi connectivity index (χ0v) is 7.47. The van der Waals surface area contributed by atoms with Crippen molar-refractivity contribution in [3.8, 4) is 0 Å². The average molecular weight is 180 g/mol. The van der Waals surface area contributed by atoms with Crippen LogP contribution in [0.2, 0.25) is 0 Å². The lowest BCUT2D eigenvalue weighted by Crippen LogP contribution is -2.12. The van der Waals surface area contributed by atoms with E-state index in [0.29, 0.717) is 6.54 Å². The van der Waals surface area contributed by atoms with Gasteiger partial charge in [-0.05, 0) is 6.92 Å². The van der Waals surface area contributed by atoms with E-state index in [-0.39, 0.29) is 12.1 Å². The van der Waals surface area contributed by atoms with Crippen LogP contribution in [0.5, 0.6) is 0 Å². The molecule has 0 saturated heterocycles. The van der Waals surface area contributed by atoms with Crippen molar-refractivity contribution in [2.45, 2.75) is 19.6 Å². The largest absolute Gasteiger partial charge is 0.455 e. The van der Waals surface area contributed by atoms with Crippen molar-refractivity contribution in [2.75, 3.05) is 6.54 Å². The van der Waals surface area contributed by atoms with Gasteiger partial charge in [-0.15, -0.1) is 0 Å². The fourth-order valence-corrected chi connectivity index (χ4v) is 1.29. The SMILES string of the molecule is CCn1cc(C2CN=C(N)O2)cn1. The van der Waals surface area contributed by atoms with Gasteiger partial charge in [0, 0.05) is 18.3 Å². The second-order valence-corrected chi connectivity index (χ2v) is 2.91. The molecule has 5 nitrogen and oxygen atoms in total. The van der Waals surface area contributed by atoms with Crippen molar-refractivity contribution in [1.29, 1.82) is 0 Å². The molecule has 0 bridgehead atoms. The first-order valence-electron chi connectivity index (χ1n) is 4.28. The second-order valence-electron chi connectivity index (χ2n) is 2.91. The molecule has 0 aliphatic carbocycles. The summed E-state index contributed by atoms with van der Waals surface area (Å²) >= 11 is 0. The van der Waals surface area contributed by atoms with E-state index < -0.39 is 0 Å². The van der Waals surface area contributed by atoms with Gasteiger partial charge in [0.2, 0.25) is 0 Å². The summed E-state index contributed by atoms with van der Waals surface area (Å²) in [5, 5.41) is 4.15. The van der Waals surface area contributed by atoms with Gasteiger partial charge in [-0.3, -0.25) is 4.68 Å². The standard InChI is InChI=1S/C8H12N4O/c1-2-12-5-6(3-11-12)7-4-10-8(9)13-7/h3,5,7H,2,4H2,1H3,(H2,9,10). The number of hydrogen-bond donors (Lipinski definition) is 1. The number of aromatic nitrogens is 2. The van der Waals surface area contributed by atoms with Gasteiger partial charge in [0.25, 0.3) is 6.02 Å². The highest BCUT2D eigenvalue weighted by molar-refractivity contribution is 5.73. The van der Waals surface area contributed by atoms with Crippen LogP contribution in [0.4, 0.5) is 0 Å². The van der Waals surface area contributed by atoms with Crippen molar-refractivity contribution in [3.05, 3.63) is 18.0 Å². The van der Waals surface area contributed by atoms with Crippen LogP contribution in [0.1, 0.15) is 18.6 Å². The molecule has 70 valence electrons. The Bertz CT molecular complexity index is 331. The monoisotopic (exact) mass is 180 g/mol. The maximum absolute atomic E-state index is 5.40. The van der Waals surface area contributed by atoms with Gasteiger partial charge < -0.3 is 10.5 Å². The van der Waals surface area contributed by atoms with Gasteiger partial charge in [-0.25, -0.2) is 4.99 Å². The highest BCUT2D eigenvalue weighted by atomic mass is 16.5. The molecule has 0 spiro atoms. The lowest BCUT2D eigenvalue weighted by atomic mass is 10.2. The number of ether oxygens (including phenoxy) is 1. The van der Waals surface area contributed by atoms with E-state index >= 15 is 0 Å². The highest BCUT2D eigenvalue weighted by Gasteiger charge is 2.20. The fourth-order valence-electron chi connectivity index (χ4n) is 1.29. The first-order valence-corrected chi connectivity index (χ1v) is 4.28. The Hall–Kier alpha value is -1.52. The summed E-state index contributed by atoms with van der Waals surface area (Å²) < 4.78 is 7.13. The molecule has 2 heterocycles. The molecular weight excluding hydrogens is 168 g/mol. The topological polar surface area (TPSA) is 65.4 Å². The number of nitrogens with zero attached hydrogens (tertiary/aromatic N) is 3. The normalized spacial score (nSPS) is 21.3. The molecule has 13 heavy (non-hydrogen) atoms.